The highest BCUT2D eigenvalue weighted by Gasteiger charge is 2.27. The summed E-state index contributed by atoms with van der Waals surface area (Å²) >= 11 is 1.44. The lowest BCUT2D eigenvalue weighted by Crippen LogP contribution is -2.47. The number of piperazine rings is 1. The van der Waals surface area contributed by atoms with E-state index in [1.165, 1.54) is 23.9 Å². The number of benzene rings is 3. The summed E-state index contributed by atoms with van der Waals surface area (Å²) in [5.41, 5.74) is 4.49. The van der Waals surface area contributed by atoms with Crippen LogP contribution in [0.1, 0.15) is 27.9 Å². The van der Waals surface area contributed by atoms with Gasteiger partial charge in [-0.15, -0.1) is 0 Å². The van der Waals surface area contributed by atoms with Gasteiger partial charge in [-0.2, -0.15) is 0 Å². The molecule has 39 heavy (non-hydrogen) atoms. The molecule has 6 nitrogen and oxygen atoms in total. The van der Waals surface area contributed by atoms with Crippen LogP contribution in [0.4, 0.5) is 15.8 Å². The first kappa shape index (κ1) is 27.0. The Labute approximate surface area is 233 Å². The maximum absolute atomic E-state index is 13.2. The molecule has 2 amide bonds. The summed E-state index contributed by atoms with van der Waals surface area (Å²) in [5.74, 6) is -0.425. The van der Waals surface area contributed by atoms with E-state index < -0.39 is 0 Å². The van der Waals surface area contributed by atoms with E-state index in [4.69, 9.17) is 0 Å². The Balaban J connectivity index is 1.11. The first-order valence-corrected chi connectivity index (χ1v) is 14.1. The van der Waals surface area contributed by atoms with E-state index in [-0.39, 0.29) is 17.6 Å². The number of nitrogens with zero attached hydrogens (tertiary/aromatic N) is 3. The quantitative estimate of drug-likeness (QED) is 0.328. The normalized spacial score (nSPS) is 16.9. The molecule has 0 aromatic heterocycles. The molecule has 8 heteroatoms. The fourth-order valence-corrected chi connectivity index (χ4v) is 6.03. The molecular weight excluding hydrogens is 511 g/mol. The van der Waals surface area contributed by atoms with Crippen LogP contribution in [-0.2, 0) is 4.79 Å². The number of carbonyl (C=O) groups excluding carboxylic acids is 2. The van der Waals surface area contributed by atoms with E-state index in [0.717, 1.165) is 66.5 Å². The maximum atomic E-state index is 13.2. The van der Waals surface area contributed by atoms with Crippen LogP contribution in [0.3, 0.4) is 0 Å². The van der Waals surface area contributed by atoms with Crippen LogP contribution < -0.4 is 15.1 Å². The number of amides is 2. The minimum absolute atomic E-state index is 0.0777. The van der Waals surface area contributed by atoms with Crippen LogP contribution in [0.15, 0.2) is 76.5 Å². The molecule has 0 saturated carbocycles. The number of nitrogens with one attached hydrogen (secondary N) is 1. The molecule has 2 aliphatic rings. The highest BCUT2D eigenvalue weighted by Crippen LogP contribution is 2.42. The monoisotopic (exact) mass is 544 g/mol. The van der Waals surface area contributed by atoms with Crippen molar-refractivity contribution < 1.29 is 14.0 Å². The fraction of sp³-hybridized carbons (Fsp3) is 0.290. The van der Waals surface area contributed by atoms with Gasteiger partial charge in [0.25, 0.3) is 11.8 Å². The second-order valence-corrected chi connectivity index (χ2v) is 11.1. The maximum Gasteiger partial charge on any atom is 0.264 e. The van der Waals surface area contributed by atoms with Crippen molar-refractivity contribution in [3.63, 3.8) is 0 Å². The molecule has 0 spiro atoms. The van der Waals surface area contributed by atoms with E-state index in [1.54, 1.807) is 18.0 Å². The van der Waals surface area contributed by atoms with Gasteiger partial charge in [0.1, 0.15) is 5.82 Å². The summed E-state index contributed by atoms with van der Waals surface area (Å²) in [4.78, 5) is 33.8. The van der Waals surface area contributed by atoms with Crippen molar-refractivity contribution in [1.29, 1.82) is 0 Å². The molecule has 5 rings (SSSR count). The molecule has 0 unspecified atom stereocenters. The van der Waals surface area contributed by atoms with Crippen molar-refractivity contribution in [2.45, 2.75) is 18.2 Å². The fourth-order valence-electron chi connectivity index (χ4n) is 4.93. The predicted molar refractivity (Wildman–Crippen MR) is 157 cm³/mol. The summed E-state index contributed by atoms with van der Waals surface area (Å²) in [6, 6.07) is 20.3. The third kappa shape index (κ3) is 6.52. The van der Waals surface area contributed by atoms with Gasteiger partial charge in [0, 0.05) is 55.9 Å². The van der Waals surface area contributed by atoms with Gasteiger partial charge in [0.15, 0.2) is 0 Å². The van der Waals surface area contributed by atoms with Gasteiger partial charge < -0.3 is 15.1 Å². The second kappa shape index (κ2) is 12.1. The van der Waals surface area contributed by atoms with E-state index in [2.05, 4.69) is 21.2 Å². The Morgan fingerprint density at radius 2 is 1.79 bits per heavy atom. The number of likely N-dealkylation sites (N-methyl/N-ethyl adjacent to an activating group) is 1. The van der Waals surface area contributed by atoms with Crippen molar-refractivity contribution in [1.82, 2.24) is 10.2 Å². The Kier molecular flexibility index (Phi) is 8.33. The van der Waals surface area contributed by atoms with Gasteiger partial charge in [-0.05, 0) is 74.0 Å². The van der Waals surface area contributed by atoms with Crippen LogP contribution in [0.25, 0.3) is 6.08 Å². The average Bonchev–Trinajstić information content (AvgIpc) is 2.94. The second-order valence-electron chi connectivity index (χ2n) is 9.99. The summed E-state index contributed by atoms with van der Waals surface area (Å²) in [5, 5.41) is 3.02. The summed E-state index contributed by atoms with van der Waals surface area (Å²) in [6.45, 7) is 7.21. The Morgan fingerprint density at radius 3 is 2.54 bits per heavy atom. The third-order valence-corrected chi connectivity index (χ3v) is 8.24. The number of fused-ring (bicyclic) bond motifs is 1. The van der Waals surface area contributed by atoms with Crippen LogP contribution in [0.2, 0.25) is 0 Å². The number of carbonyl (C=O) groups is 2. The molecule has 1 saturated heterocycles. The minimum atomic E-state index is -0.214. The lowest BCUT2D eigenvalue weighted by Gasteiger charge is -2.36. The van der Waals surface area contributed by atoms with E-state index in [1.807, 2.05) is 55.5 Å². The van der Waals surface area contributed by atoms with Crippen molar-refractivity contribution in [3.8, 4) is 0 Å². The molecule has 1 N–H and O–H groups in total. The average molecular weight is 545 g/mol. The number of hydrogen-bond donors (Lipinski definition) is 1. The van der Waals surface area contributed by atoms with Crippen molar-refractivity contribution in [2.75, 3.05) is 56.1 Å². The van der Waals surface area contributed by atoms with Gasteiger partial charge in [0.05, 0.1) is 10.6 Å². The van der Waals surface area contributed by atoms with Crippen molar-refractivity contribution in [3.05, 3.63) is 94.1 Å². The van der Waals surface area contributed by atoms with Crippen LogP contribution in [0, 0.1) is 12.7 Å². The summed E-state index contributed by atoms with van der Waals surface area (Å²) in [7, 11) is 1.75. The lowest BCUT2D eigenvalue weighted by atomic mass is 10.1. The van der Waals surface area contributed by atoms with Gasteiger partial charge in [-0.3, -0.25) is 14.5 Å². The Bertz CT molecular complexity index is 1380. The first-order chi connectivity index (χ1) is 18.9. The SMILES string of the molecule is Cc1cccc(C=C2Sc3ccc(C(=O)NCCCN4CCN(c5ccc(F)cc5)CC4)cc3N(C)C2=O)c1. The van der Waals surface area contributed by atoms with Gasteiger partial charge >= 0.3 is 0 Å². The zero-order valence-corrected chi connectivity index (χ0v) is 23.1. The molecular formula is C31H33FN4O2S. The molecule has 0 radical (unpaired) electrons. The minimum Gasteiger partial charge on any atom is -0.369 e. The van der Waals surface area contributed by atoms with E-state index in [9.17, 15) is 14.0 Å². The Morgan fingerprint density at radius 1 is 1.03 bits per heavy atom. The largest absolute Gasteiger partial charge is 0.369 e. The lowest BCUT2D eigenvalue weighted by molar-refractivity contribution is -0.114. The first-order valence-electron chi connectivity index (χ1n) is 13.3. The summed E-state index contributed by atoms with van der Waals surface area (Å²) in [6.07, 6.45) is 2.78. The number of halogens is 1. The van der Waals surface area contributed by atoms with Gasteiger partial charge in [-0.25, -0.2) is 4.39 Å². The molecule has 2 heterocycles. The topological polar surface area (TPSA) is 55.9 Å². The predicted octanol–water partition coefficient (Wildman–Crippen LogP) is 5.19. The standard InChI is InChI=1S/C31H33FN4O2S/c1-22-5-3-6-23(19-22)20-29-31(38)34(2)27-21-24(7-12-28(27)39-29)30(37)33-13-4-14-35-15-17-36(18-16-35)26-10-8-25(32)9-11-26/h3,5-12,19-21H,4,13-18H2,1-2H3,(H,33,37). The molecule has 3 aromatic rings. The van der Waals surface area contributed by atoms with Crippen LogP contribution in [-0.4, -0.2) is 63.0 Å². The highest BCUT2D eigenvalue weighted by molar-refractivity contribution is 8.04. The summed E-state index contributed by atoms with van der Waals surface area (Å²) < 4.78 is 13.2. The molecule has 202 valence electrons. The number of aryl methyl sites for hydroxylation is 1. The number of rotatable bonds is 7. The molecule has 2 aliphatic heterocycles. The molecule has 0 atom stereocenters. The van der Waals surface area contributed by atoms with Crippen molar-refractivity contribution >= 4 is 41.0 Å². The van der Waals surface area contributed by atoms with Crippen LogP contribution in [0.5, 0.6) is 0 Å². The van der Waals surface area contributed by atoms with E-state index in [0.29, 0.717) is 17.0 Å². The van der Waals surface area contributed by atoms with Gasteiger partial charge in [-0.1, -0.05) is 41.6 Å². The highest BCUT2D eigenvalue weighted by atomic mass is 32.2. The number of anilines is 2. The zero-order valence-electron chi connectivity index (χ0n) is 22.3. The number of thioether (sulfide) groups is 1. The molecule has 3 aromatic carbocycles. The smallest absolute Gasteiger partial charge is 0.264 e. The van der Waals surface area contributed by atoms with E-state index >= 15 is 0 Å². The number of hydrogen-bond acceptors (Lipinski definition) is 5. The third-order valence-electron chi connectivity index (χ3n) is 7.16. The molecule has 0 aliphatic carbocycles. The van der Waals surface area contributed by atoms with Gasteiger partial charge in [0.2, 0.25) is 0 Å². The molecule has 1 fully saturated rings. The molecule has 0 bridgehead atoms. The Hall–Kier alpha value is -3.62. The zero-order chi connectivity index (χ0) is 27.4. The van der Waals surface area contributed by atoms with Crippen molar-refractivity contribution in [2.24, 2.45) is 0 Å². The van der Waals surface area contributed by atoms with Crippen LogP contribution >= 0.6 is 11.8 Å².